The molecule has 0 radical (unpaired) electrons. The third kappa shape index (κ3) is 10.5. The number of carbonyl (C=O) groups is 2. The topological polar surface area (TPSA) is 108 Å². The van der Waals surface area contributed by atoms with Crippen LogP contribution in [0.25, 0.3) is 11.1 Å². The highest BCUT2D eigenvalue weighted by atomic mass is 16.5. The summed E-state index contributed by atoms with van der Waals surface area (Å²) < 4.78 is 5.74. The van der Waals surface area contributed by atoms with Gasteiger partial charge in [-0.25, -0.2) is 9.59 Å². The van der Waals surface area contributed by atoms with Crippen molar-refractivity contribution in [2.75, 3.05) is 6.61 Å². The van der Waals surface area contributed by atoms with Gasteiger partial charge >= 0.3 is 11.9 Å². The van der Waals surface area contributed by atoms with E-state index < -0.39 is 11.9 Å². The molecule has 6 heteroatoms. The number of carboxylic acid groups (broad SMARTS) is 2. The zero-order valence-corrected chi connectivity index (χ0v) is 17.4. The number of benzene rings is 2. The monoisotopic (exact) mass is 421 g/mol. The van der Waals surface area contributed by atoms with Gasteiger partial charge in [0.25, 0.3) is 0 Å². The molecule has 0 unspecified atom stereocenters. The van der Waals surface area contributed by atoms with Crippen molar-refractivity contribution in [1.29, 1.82) is 5.26 Å². The van der Waals surface area contributed by atoms with Crippen LogP contribution >= 0.6 is 0 Å². The highest BCUT2D eigenvalue weighted by Crippen LogP contribution is 2.23. The van der Waals surface area contributed by atoms with Crippen LogP contribution in [0, 0.1) is 11.3 Å². The van der Waals surface area contributed by atoms with Gasteiger partial charge in [-0.2, -0.15) is 5.26 Å². The third-order valence-corrected chi connectivity index (χ3v) is 4.32. The van der Waals surface area contributed by atoms with Gasteiger partial charge in [0, 0.05) is 11.6 Å². The van der Waals surface area contributed by atoms with Gasteiger partial charge in [-0.3, -0.25) is 0 Å². The summed E-state index contributed by atoms with van der Waals surface area (Å²) in [7, 11) is 0. The number of carboxylic acids is 2. The molecule has 162 valence electrons. The van der Waals surface area contributed by atoms with Crippen LogP contribution in [0.5, 0.6) is 5.75 Å². The van der Waals surface area contributed by atoms with Crippen molar-refractivity contribution in [2.45, 2.75) is 32.1 Å². The van der Waals surface area contributed by atoms with Gasteiger partial charge in [0.1, 0.15) is 5.75 Å². The van der Waals surface area contributed by atoms with Crippen LogP contribution in [0.3, 0.4) is 0 Å². The van der Waals surface area contributed by atoms with Gasteiger partial charge < -0.3 is 14.9 Å². The van der Waals surface area contributed by atoms with E-state index in [2.05, 4.69) is 19.2 Å². The lowest BCUT2D eigenvalue weighted by Crippen LogP contribution is -1.99. The largest absolute Gasteiger partial charge is 0.494 e. The first-order valence-electron chi connectivity index (χ1n) is 9.87. The fourth-order valence-electron chi connectivity index (χ4n) is 2.57. The third-order valence-electron chi connectivity index (χ3n) is 4.32. The van der Waals surface area contributed by atoms with E-state index >= 15 is 0 Å². The second-order valence-corrected chi connectivity index (χ2v) is 6.68. The van der Waals surface area contributed by atoms with E-state index in [0.717, 1.165) is 48.6 Å². The molecule has 0 aromatic heterocycles. The Morgan fingerprint density at radius 2 is 1.45 bits per heavy atom. The molecule has 31 heavy (non-hydrogen) atoms. The van der Waals surface area contributed by atoms with Gasteiger partial charge in [0.15, 0.2) is 0 Å². The Bertz CT molecular complexity index is 908. The normalized spacial score (nSPS) is 9.52. The lowest BCUT2D eigenvalue weighted by molar-refractivity contribution is -0.133. The van der Waals surface area contributed by atoms with Gasteiger partial charge in [-0.05, 0) is 54.7 Å². The number of ether oxygens (including phenoxy) is 1. The molecule has 0 fully saturated rings. The minimum Gasteiger partial charge on any atom is -0.494 e. The lowest BCUT2D eigenvalue weighted by Gasteiger charge is -2.08. The predicted octanol–water partition coefficient (Wildman–Crippen LogP) is 5.45. The summed E-state index contributed by atoms with van der Waals surface area (Å²) in [5, 5.41) is 25.2. The smallest absolute Gasteiger partial charge is 0.330 e. The lowest BCUT2D eigenvalue weighted by atomic mass is 10.0. The second kappa shape index (κ2) is 14.2. The highest BCUT2D eigenvalue weighted by molar-refractivity contribution is 5.85. The van der Waals surface area contributed by atoms with Crippen molar-refractivity contribution in [3.8, 4) is 22.9 Å². The first-order valence-corrected chi connectivity index (χ1v) is 9.87. The van der Waals surface area contributed by atoms with E-state index in [4.69, 9.17) is 20.2 Å². The quantitative estimate of drug-likeness (QED) is 0.369. The molecule has 0 aliphatic rings. The molecule has 0 aliphatic carbocycles. The molecular weight excluding hydrogens is 394 g/mol. The summed E-state index contributed by atoms with van der Waals surface area (Å²) in [5.41, 5.74) is 3.09. The van der Waals surface area contributed by atoms with Crippen LogP contribution in [-0.4, -0.2) is 28.8 Å². The van der Waals surface area contributed by atoms with Crippen molar-refractivity contribution in [2.24, 2.45) is 0 Å². The number of unbranched alkanes of at least 4 members (excludes halogenated alkanes) is 3. The zero-order chi connectivity index (χ0) is 23.1. The summed E-state index contributed by atoms with van der Waals surface area (Å²) in [4.78, 5) is 19.9. The summed E-state index contributed by atoms with van der Waals surface area (Å²) in [5.74, 6) is -1.05. The van der Waals surface area contributed by atoms with Crippen LogP contribution in [0.15, 0.2) is 73.3 Å². The van der Waals surface area contributed by atoms with Crippen LogP contribution in [0.4, 0.5) is 0 Å². The maximum atomic E-state index is 10.6. The van der Waals surface area contributed by atoms with Crippen molar-refractivity contribution in [1.82, 2.24) is 0 Å². The maximum Gasteiger partial charge on any atom is 0.330 e. The Morgan fingerprint density at radius 3 is 1.94 bits per heavy atom. The van der Waals surface area contributed by atoms with Crippen LogP contribution in [-0.2, 0) is 9.59 Å². The molecule has 2 rings (SSSR count). The number of hydrogen-bond acceptors (Lipinski definition) is 4. The van der Waals surface area contributed by atoms with Crippen LogP contribution < -0.4 is 4.74 Å². The van der Waals surface area contributed by atoms with Crippen LogP contribution in [0.2, 0.25) is 0 Å². The fraction of sp³-hybridized carbons (Fsp3) is 0.240. The minimum absolute atomic E-state index is 0.281. The molecule has 2 aromatic rings. The van der Waals surface area contributed by atoms with E-state index in [0.29, 0.717) is 18.6 Å². The number of nitrogens with zero attached hydrogens (tertiary/aromatic N) is 1. The van der Waals surface area contributed by atoms with Gasteiger partial charge in [-0.1, -0.05) is 50.3 Å². The Labute approximate surface area is 182 Å². The minimum atomic E-state index is -0.981. The van der Waals surface area contributed by atoms with Gasteiger partial charge in [-0.15, -0.1) is 0 Å². The molecule has 0 heterocycles. The SMILES string of the molecule is C=C(CCCCCCOc1ccc(-c2ccc(C#N)cc2)cc1)C(=O)O.C=CC(=O)O. The molecule has 0 saturated carbocycles. The van der Waals surface area contributed by atoms with Gasteiger partial charge in [0.2, 0.25) is 0 Å². The fourth-order valence-corrected chi connectivity index (χ4v) is 2.57. The number of rotatable bonds is 11. The average molecular weight is 421 g/mol. The number of nitriles is 1. The molecule has 0 amide bonds. The van der Waals surface area contributed by atoms with E-state index in [1.165, 1.54) is 0 Å². The molecule has 2 aromatic carbocycles. The van der Waals surface area contributed by atoms with Crippen molar-refractivity contribution in [3.05, 3.63) is 78.9 Å². The molecule has 0 bridgehead atoms. The van der Waals surface area contributed by atoms with E-state index in [1.807, 2.05) is 48.5 Å². The summed E-state index contributed by atoms with van der Waals surface area (Å²) >= 11 is 0. The second-order valence-electron chi connectivity index (χ2n) is 6.68. The Hall–Kier alpha value is -3.85. The number of hydrogen-bond donors (Lipinski definition) is 2. The maximum absolute atomic E-state index is 10.6. The molecule has 0 spiro atoms. The average Bonchev–Trinajstić information content (AvgIpc) is 2.79. The van der Waals surface area contributed by atoms with E-state index in [1.54, 1.807) is 0 Å². The molecule has 0 saturated heterocycles. The molecule has 6 nitrogen and oxygen atoms in total. The molecule has 0 aliphatic heterocycles. The molecular formula is C25H27NO5. The summed E-state index contributed by atoms with van der Waals surface area (Å²) in [6.45, 7) is 7.14. The molecule has 0 atom stereocenters. The first kappa shape index (κ1) is 25.2. The highest BCUT2D eigenvalue weighted by Gasteiger charge is 2.03. The Balaban J connectivity index is 0.000000861. The van der Waals surface area contributed by atoms with Gasteiger partial charge in [0.05, 0.1) is 18.2 Å². The first-order chi connectivity index (χ1) is 14.9. The van der Waals surface area contributed by atoms with Crippen LogP contribution in [0.1, 0.15) is 37.7 Å². The van der Waals surface area contributed by atoms with Crippen molar-refractivity contribution >= 4 is 11.9 Å². The standard InChI is InChI=1S/C22H23NO3.C3H4O2/c1-17(22(24)25)6-4-2-3-5-15-26-21-13-11-20(12-14-21)19-9-7-18(16-23)8-10-19;1-2-3(4)5/h7-14H,1-6,15H2,(H,24,25);2H,1H2,(H,4,5). The van der Waals surface area contributed by atoms with Crippen molar-refractivity contribution in [3.63, 3.8) is 0 Å². The summed E-state index contributed by atoms with van der Waals surface area (Å²) in [6, 6.07) is 17.5. The van der Waals surface area contributed by atoms with Crippen molar-refractivity contribution < 1.29 is 24.5 Å². The predicted molar refractivity (Wildman–Crippen MR) is 120 cm³/mol. The Morgan fingerprint density at radius 1 is 0.935 bits per heavy atom. The number of aliphatic carboxylic acids is 2. The Kier molecular flexibility index (Phi) is 11.5. The van der Waals surface area contributed by atoms with E-state index in [9.17, 15) is 9.59 Å². The summed E-state index contributed by atoms with van der Waals surface area (Å²) in [6.07, 6.45) is 5.16. The zero-order valence-electron chi connectivity index (χ0n) is 17.4. The molecule has 2 N–H and O–H groups in total. The van der Waals surface area contributed by atoms with E-state index in [-0.39, 0.29) is 5.57 Å².